The number of nitrogens with zero attached hydrogens (tertiary/aromatic N) is 1. The van der Waals surface area contributed by atoms with Gasteiger partial charge in [0.2, 0.25) is 0 Å². The highest BCUT2D eigenvalue weighted by molar-refractivity contribution is 5.68. The molecular formula is C13H23NO3. The number of carbonyl (C=O) groups excluding carboxylic acids is 1. The predicted octanol–water partition coefficient (Wildman–Crippen LogP) is 2.02. The number of aliphatic hydroxyl groups excluding tert-OH is 1. The average molecular weight is 241 g/mol. The van der Waals surface area contributed by atoms with E-state index in [0.717, 1.165) is 19.4 Å². The Morgan fingerprint density at radius 1 is 1.47 bits per heavy atom. The zero-order valence-electron chi connectivity index (χ0n) is 11.0. The van der Waals surface area contributed by atoms with Gasteiger partial charge in [-0.2, -0.15) is 0 Å². The van der Waals surface area contributed by atoms with E-state index in [2.05, 4.69) is 0 Å². The van der Waals surface area contributed by atoms with Crippen LogP contribution in [0.3, 0.4) is 0 Å². The quantitative estimate of drug-likeness (QED) is 0.764. The van der Waals surface area contributed by atoms with Gasteiger partial charge in [-0.3, -0.25) is 0 Å². The van der Waals surface area contributed by atoms with E-state index in [1.54, 1.807) is 4.90 Å². The van der Waals surface area contributed by atoms with Gasteiger partial charge >= 0.3 is 6.09 Å². The minimum Gasteiger partial charge on any atom is -0.444 e. The highest BCUT2D eigenvalue weighted by Gasteiger charge is 2.51. The summed E-state index contributed by atoms with van der Waals surface area (Å²) < 4.78 is 5.38. The number of aliphatic hydroxyl groups is 1. The molecule has 1 amide bonds. The van der Waals surface area contributed by atoms with Crippen LogP contribution >= 0.6 is 0 Å². The standard InChI is InChI=1S/C13H23NO3/c1-12(2,3)17-11(16)14-7-10(8-15)13(9-14)5-4-6-13/h10,15H,4-9H2,1-3H3. The van der Waals surface area contributed by atoms with Gasteiger partial charge in [-0.15, -0.1) is 0 Å². The molecule has 98 valence electrons. The lowest BCUT2D eigenvalue weighted by Crippen LogP contribution is -2.40. The second-order valence-electron chi connectivity index (χ2n) is 6.46. The highest BCUT2D eigenvalue weighted by Crippen LogP contribution is 2.51. The number of rotatable bonds is 1. The van der Waals surface area contributed by atoms with Crippen molar-refractivity contribution in [1.29, 1.82) is 0 Å². The molecule has 4 nitrogen and oxygen atoms in total. The molecular weight excluding hydrogens is 218 g/mol. The van der Waals surface area contributed by atoms with Crippen molar-refractivity contribution in [2.24, 2.45) is 11.3 Å². The van der Waals surface area contributed by atoms with E-state index >= 15 is 0 Å². The van der Waals surface area contributed by atoms with Crippen LogP contribution in [0.2, 0.25) is 0 Å². The minimum atomic E-state index is -0.443. The summed E-state index contributed by atoms with van der Waals surface area (Å²) in [5.41, 5.74) is -0.257. The molecule has 0 aromatic heterocycles. The van der Waals surface area contributed by atoms with Crippen LogP contribution in [0.5, 0.6) is 0 Å². The first-order valence-corrected chi connectivity index (χ1v) is 6.45. The predicted molar refractivity (Wildman–Crippen MR) is 64.7 cm³/mol. The molecule has 2 rings (SSSR count). The molecule has 0 aromatic carbocycles. The van der Waals surface area contributed by atoms with Crippen molar-refractivity contribution in [2.45, 2.75) is 45.6 Å². The monoisotopic (exact) mass is 241 g/mol. The molecule has 17 heavy (non-hydrogen) atoms. The lowest BCUT2D eigenvalue weighted by Gasteiger charge is -2.42. The summed E-state index contributed by atoms with van der Waals surface area (Å²) >= 11 is 0. The van der Waals surface area contributed by atoms with Crippen molar-refractivity contribution in [3.8, 4) is 0 Å². The van der Waals surface area contributed by atoms with Crippen LogP contribution in [0.1, 0.15) is 40.0 Å². The van der Waals surface area contributed by atoms with Crippen molar-refractivity contribution in [2.75, 3.05) is 19.7 Å². The van der Waals surface area contributed by atoms with Crippen LogP contribution in [-0.4, -0.2) is 41.4 Å². The summed E-state index contributed by atoms with van der Waals surface area (Å²) in [5, 5.41) is 9.42. The second kappa shape index (κ2) is 4.16. The fourth-order valence-electron chi connectivity index (χ4n) is 2.95. The first kappa shape index (κ1) is 12.7. The Hall–Kier alpha value is -0.770. The van der Waals surface area contributed by atoms with E-state index in [4.69, 9.17) is 4.74 Å². The van der Waals surface area contributed by atoms with Gasteiger partial charge in [0.05, 0.1) is 0 Å². The molecule has 4 heteroatoms. The number of amides is 1. The third kappa shape index (κ3) is 2.41. The van der Waals surface area contributed by atoms with Crippen molar-refractivity contribution in [3.05, 3.63) is 0 Å². The first-order chi connectivity index (χ1) is 7.86. The fraction of sp³-hybridized carbons (Fsp3) is 0.923. The van der Waals surface area contributed by atoms with Gasteiger partial charge in [0, 0.05) is 25.6 Å². The van der Waals surface area contributed by atoms with E-state index in [1.807, 2.05) is 20.8 Å². The second-order valence-corrected chi connectivity index (χ2v) is 6.46. The summed E-state index contributed by atoms with van der Waals surface area (Å²) in [7, 11) is 0. The van der Waals surface area contributed by atoms with Gasteiger partial charge in [-0.05, 0) is 39.0 Å². The smallest absolute Gasteiger partial charge is 0.410 e. The summed E-state index contributed by atoms with van der Waals surface area (Å²) in [6.07, 6.45) is 3.26. The topological polar surface area (TPSA) is 49.8 Å². The Kier molecular flexibility index (Phi) is 3.10. The maximum atomic E-state index is 12.0. The summed E-state index contributed by atoms with van der Waals surface area (Å²) in [6.45, 7) is 7.22. The average Bonchev–Trinajstić information content (AvgIpc) is 2.53. The molecule has 1 N–H and O–H groups in total. The van der Waals surface area contributed by atoms with Gasteiger partial charge in [0.25, 0.3) is 0 Å². The summed E-state index contributed by atoms with van der Waals surface area (Å²) in [6, 6.07) is 0. The molecule has 1 aliphatic carbocycles. The maximum Gasteiger partial charge on any atom is 0.410 e. The molecule has 1 spiro atoms. The largest absolute Gasteiger partial charge is 0.444 e. The van der Waals surface area contributed by atoms with E-state index in [1.165, 1.54) is 6.42 Å². The van der Waals surface area contributed by atoms with Gasteiger partial charge < -0.3 is 14.7 Å². The molecule has 2 fully saturated rings. The molecule has 1 atom stereocenters. The molecule has 1 unspecified atom stereocenters. The zero-order chi connectivity index (χ0) is 12.7. The Morgan fingerprint density at radius 2 is 2.12 bits per heavy atom. The van der Waals surface area contributed by atoms with Gasteiger partial charge in [-0.1, -0.05) is 6.42 Å². The van der Waals surface area contributed by atoms with Crippen LogP contribution < -0.4 is 0 Å². The maximum absolute atomic E-state index is 12.0. The van der Waals surface area contributed by atoms with Crippen molar-refractivity contribution in [1.82, 2.24) is 4.90 Å². The van der Waals surface area contributed by atoms with Gasteiger partial charge in [0.1, 0.15) is 5.60 Å². The lowest BCUT2D eigenvalue weighted by molar-refractivity contribution is 0.0232. The molecule has 0 radical (unpaired) electrons. The van der Waals surface area contributed by atoms with E-state index in [9.17, 15) is 9.90 Å². The number of ether oxygens (including phenoxy) is 1. The first-order valence-electron chi connectivity index (χ1n) is 6.45. The van der Waals surface area contributed by atoms with E-state index in [-0.39, 0.29) is 24.0 Å². The van der Waals surface area contributed by atoms with Gasteiger partial charge in [0.15, 0.2) is 0 Å². The van der Waals surface area contributed by atoms with Crippen LogP contribution in [0.15, 0.2) is 0 Å². The number of hydrogen-bond acceptors (Lipinski definition) is 3. The Balaban J connectivity index is 1.98. The third-order valence-electron chi connectivity index (χ3n) is 4.03. The number of carbonyl (C=O) groups is 1. The highest BCUT2D eigenvalue weighted by atomic mass is 16.6. The molecule has 1 saturated heterocycles. The van der Waals surface area contributed by atoms with Crippen LogP contribution in [0.4, 0.5) is 4.79 Å². The molecule has 0 bridgehead atoms. The lowest BCUT2D eigenvalue weighted by atomic mass is 9.63. The summed E-state index contributed by atoms with van der Waals surface area (Å²) in [4.78, 5) is 13.7. The fourth-order valence-corrected chi connectivity index (χ4v) is 2.95. The van der Waals surface area contributed by atoms with Crippen LogP contribution in [0, 0.1) is 11.3 Å². The zero-order valence-corrected chi connectivity index (χ0v) is 11.0. The van der Waals surface area contributed by atoms with Crippen LogP contribution in [-0.2, 0) is 4.74 Å². The molecule has 1 aliphatic heterocycles. The number of likely N-dealkylation sites (tertiary alicyclic amines) is 1. The van der Waals surface area contributed by atoms with Crippen molar-refractivity contribution in [3.63, 3.8) is 0 Å². The SMILES string of the molecule is CC(C)(C)OC(=O)N1CC(CO)C2(CCC2)C1. The van der Waals surface area contributed by atoms with E-state index in [0.29, 0.717) is 6.54 Å². The molecule has 1 heterocycles. The molecule has 2 aliphatic rings. The minimum absolute atomic E-state index is 0.180. The number of hydrogen-bond donors (Lipinski definition) is 1. The Morgan fingerprint density at radius 3 is 2.47 bits per heavy atom. The van der Waals surface area contributed by atoms with Crippen molar-refractivity contribution < 1.29 is 14.6 Å². The molecule has 0 aromatic rings. The molecule has 1 saturated carbocycles. The van der Waals surface area contributed by atoms with Gasteiger partial charge in [-0.25, -0.2) is 4.79 Å². The normalized spacial score (nSPS) is 27.1. The van der Waals surface area contributed by atoms with Crippen molar-refractivity contribution >= 4 is 6.09 Å². The Bertz CT molecular complexity index is 304. The third-order valence-corrected chi connectivity index (χ3v) is 4.03. The summed E-state index contributed by atoms with van der Waals surface area (Å²) in [5.74, 6) is 0.240. The Labute approximate surface area is 103 Å². The van der Waals surface area contributed by atoms with Crippen LogP contribution in [0.25, 0.3) is 0 Å². The van der Waals surface area contributed by atoms with E-state index < -0.39 is 5.60 Å².